The Kier molecular flexibility index (Phi) is 12.7. The minimum Gasteiger partial charge on any atom is -0.394 e. The Morgan fingerprint density at radius 3 is 1.93 bits per heavy atom. The van der Waals surface area contributed by atoms with Crippen LogP contribution in [0.3, 0.4) is 0 Å². The molecular formula is C18H36O9S. The van der Waals surface area contributed by atoms with Gasteiger partial charge in [-0.25, -0.2) is 8.37 Å². The minimum atomic E-state index is -4.48. The van der Waals surface area contributed by atoms with Gasteiger partial charge in [0.25, 0.3) is 0 Å². The van der Waals surface area contributed by atoms with Gasteiger partial charge in [-0.05, 0) is 6.42 Å². The molecule has 28 heavy (non-hydrogen) atoms. The SMILES string of the molecule is CCCCCCCCCCCCOS(=O)(=O)O[C@@H]1[C@@H](O)[C@H](O)O[C@H](CO)[C@H]1O. The lowest BCUT2D eigenvalue weighted by Gasteiger charge is -2.39. The predicted molar refractivity (Wildman–Crippen MR) is 102 cm³/mol. The first-order valence-electron chi connectivity index (χ1n) is 10.2. The Labute approximate surface area is 167 Å². The summed E-state index contributed by atoms with van der Waals surface area (Å²) in [4.78, 5) is 0. The summed E-state index contributed by atoms with van der Waals surface area (Å²) in [5, 5.41) is 38.3. The van der Waals surface area contributed by atoms with Gasteiger partial charge in [0, 0.05) is 0 Å². The van der Waals surface area contributed by atoms with E-state index in [9.17, 15) is 23.7 Å². The van der Waals surface area contributed by atoms with Gasteiger partial charge in [0.2, 0.25) is 0 Å². The van der Waals surface area contributed by atoms with Gasteiger partial charge in [-0.2, -0.15) is 8.42 Å². The summed E-state index contributed by atoms with van der Waals surface area (Å²) in [6.45, 7) is 1.45. The Morgan fingerprint density at radius 1 is 0.857 bits per heavy atom. The highest BCUT2D eigenvalue weighted by atomic mass is 32.3. The lowest BCUT2D eigenvalue weighted by atomic mass is 9.99. The van der Waals surface area contributed by atoms with Crippen LogP contribution in [-0.2, 0) is 23.5 Å². The predicted octanol–water partition coefficient (Wildman–Crippen LogP) is 0.985. The van der Waals surface area contributed by atoms with Crippen LogP contribution in [-0.4, -0.2) is 72.8 Å². The van der Waals surface area contributed by atoms with Gasteiger partial charge in [0.1, 0.15) is 24.4 Å². The van der Waals surface area contributed by atoms with Crippen molar-refractivity contribution in [2.24, 2.45) is 0 Å². The molecule has 10 heteroatoms. The van der Waals surface area contributed by atoms with Crippen LogP contribution in [0.15, 0.2) is 0 Å². The van der Waals surface area contributed by atoms with Crippen molar-refractivity contribution in [1.29, 1.82) is 0 Å². The first-order chi connectivity index (χ1) is 13.3. The maximum absolute atomic E-state index is 11.9. The molecule has 0 spiro atoms. The van der Waals surface area contributed by atoms with E-state index < -0.39 is 47.7 Å². The average molecular weight is 429 g/mol. The van der Waals surface area contributed by atoms with Crippen LogP contribution in [0.2, 0.25) is 0 Å². The molecule has 0 saturated carbocycles. The molecule has 0 unspecified atom stereocenters. The van der Waals surface area contributed by atoms with Gasteiger partial charge >= 0.3 is 10.4 Å². The van der Waals surface area contributed by atoms with Crippen molar-refractivity contribution in [1.82, 2.24) is 0 Å². The van der Waals surface area contributed by atoms with Crippen molar-refractivity contribution in [3.05, 3.63) is 0 Å². The molecule has 9 nitrogen and oxygen atoms in total. The van der Waals surface area contributed by atoms with Crippen LogP contribution < -0.4 is 0 Å². The fraction of sp³-hybridized carbons (Fsp3) is 1.00. The summed E-state index contributed by atoms with van der Waals surface area (Å²) in [7, 11) is -4.48. The van der Waals surface area contributed by atoms with Crippen molar-refractivity contribution < 1.29 is 41.9 Å². The quantitative estimate of drug-likeness (QED) is 0.281. The fourth-order valence-electron chi connectivity index (χ4n) is 3.10. The molecule has 4 N–H and O–H groups in total. The number of aliphatic hydroxyl groups excluding tert-OH is 4. The van der Waals surface area contributed by atoms with E-state index in [2.05, 4.69) is 6.92 Å². The van der Waals surface area contributed by atoms with E-state index in [1.54, 1.807) is 0 Å². The Balaban J connectivity index is 2.22. The first-order valence-corrected chi connectivity index (χ1v) is 11.5. The molecule has 168 valence electrons. The van der Waals surface area contributed by atoms with Crippen molar-refractivity contribution >= 4 is 10.4 Å². The zero-order valence-corrected chi connectivity index (χ0v) is 17.4. The highest BCUT2D eigenvalue weighted by molar-refractivity contribution is 7.81. The molecule has 0 amide bonds. The second kappa shape index (κ2) is 13.8. The molecule has 1 aliphatic heterocycles. The third kappa shape index (κ3) is 9.45. The lowest BCUT2D eigenvalue weighted by Crippen LogP contribution is -2.59. The van der Waals surface area contributed by atoms with Crippen molar-refractivity contribution in [2.75, 3.05) is 13.2 Å². The van der Waals surface area contributed by atoms with E-state index in [0.29, 0.717) is 6.42 Å². The number of hydrogen-bond acceptors (Lipinski definition) is 9. The Bertz CT molecular complexity index is 499. The lowest BCUT2D eigenvalue weighted by molar-refractivity contribution is -0.282. The second-order valence-electron chi connectivity index (χ2n) is 7.20. The summed E-state index contributed by atoms with van der Waals surface area (Å²) in [5.74, 6) is 0. The van der Waals surface area contributed by atoms with Crippen LogP contribution in [0.5, 0.6) is 0 Å². The maximum atomic E-state index is 11.9. The highest BCUT2D eigenvalue weighted by Gasteiger charge is 2.46. The molecule has 0 radical (unpaired) electrons. The highest BCUT2D eigenvalue weighted by Crippen LogP contribution is 2.24. The van der Waals surface area contributed by atoms with Gasteiger partial charge in [-0.3, -0.25) is 0 Å². The van der Waals surface area contributed by atoms with Gasteiger partial charge < -0.3 is 25.2 Å². The van der Waals surface area contributed by atoms with Crippen molar-refractivity contribution in [2.45, 2.75) is 102 Å². The van der Waals surface area contributed by atoms with Gasteiger partial charge in [0.05, 0.1) is 13.2 Å². The van der Waals surface area contributed by atoms with Gasteiger partial charge in [0.15, 0.2) is 6.29 Å². The maximum Gasteiger partial charge on any atom is 0.400 e. The van der Waals surface area contributed by atoms with Crippen molar-refractivity contribution in [3.8, 4) is 0 Å². The Hall–Kier alpha value is -0.330. The normalized spacial score (nSPS) is 28.5. The van der Waals surface area contributed by atoms with Gasteiger partial charge in [-0.1, -0.05) is 64.7 Å². The monoisotopic (exact) mass is 428 g/mol. The Morgan fingerprint density at radius 2 is 1.39 bits per heavy atom. The fourth-order valence-corrected chi connectivity index (χ4v) is 3.97. The number of unbranched alkanes of at least 4 members (excludes halogenated alkanes) is 9. The first kappa shape index (κ1) is 25.7. The molecule has 5 atom stereocenters. The summed E-state index contributed by atoms with van der Waals surface area (Å²) < 4.78 is 38.0. The molecule has 0 aromatic rings. The molecule has 0 bridgehead atoms. The second-order valence-corrected chi connectivity index (χ2v) is 8.45. The number of aliphatic hydroxyl groups is 4. The van der Waals surface area contributed by atoms with E-state index in [0.717, 1.165) is 19.3 Å². The summed E-state index contributed by atoms with van der Waals surface area (Å²) in [6.07, 6.45) is 2.77. The average Bonchev–Trinajstić information content (AvgIpc) is 2.66. The molecular weight excluding hydrogens is 392 g/mol. The topological polar surface area (TPSA) is 143 Å². The van der Waals surface area contributed by atoms with E-state index in [1.165, 1.54) is 38.5 Å². The molecule has 0 aromatic heterocycles. The summed E-state index contributed by atoms with van der Waals surface area (Å²) in [6, 6.07) is 0. The molecule has 0 aliphatic carbocycles. The van der Waals surface area contributed by atoms with Crippen LogP contribution in [0.25, 0.3) is 0 Å². The molecule has 1 heterocycles. The van der Waals surface area contributed by atoms with E-state index >= 15 is 0 Å². The van der Waals surface area contributed by atoms with Crippen LogP contribution in [0.4, 0.5) is 0 Å². The number of hydrogen-bond donors (Lipinski definition) is 4. The minimum absolute atomic E-state index is 0.0692. The smallest absolute Gasteiger partial charge is 0.394 e. The standard InChI is InChI=1S/C18H36O9S/c1-2-3-4-5-6-7-8-9-10-11-12-25-28(23,24)27-17-15(20)14(13-19)26-18(22)16(17)21/h14-22H,2-13H2,1H3/t14-,15-,16-,17+,18-/m1/s1. The van der Waals surface area contributed by atoms with Gasteiger partial charge in [-0.15, -0.1) is 0 Å². The summed E-state index contributed by atoms with van der Waals surface area (Å²) in [5.41, 5.74) is 0. The number of rotatable bonds is 15. The summed E-state index contributed by atoms with van der Waals surface area (Å²) >= 11 is 0. The van der Waals surface area contributed by atoms with Crippen molar-refractivity contribution in [3.63, 3.8) is 0 Å². The molecule has 1 fully saturated rings. The zero-order chi connectivity index (χ0) is 21.0. The molecule has 1 rings (SSSR count). The third-order valence-electron chi connectivity index (χ3n) is 4.79. The van der Waals surface area contributed by atoms with Crippen LogP contribution >= 0.6 is 0 Å². The van der Waals surface area contributed by atoms with E-state index in [1.807, 2.05) is 0 Å². The van der Waals surface area contributed by atoms with Crippen LogP contribution in [0, 0.1) is 0 Å². The molecule has 1 aliphatic rings. The number of ether oxygens (including phenoxy) is 1. The van der Waals surface area contributed by atoms with E-state index in [-0.39, 0.29) is 6.61 Å². The zero-order valence-electron chi connectivity index (χ0n) is 16.6. The molecule has 0 aromatic carbocycles. The third-order valence-corrected chi connectivity index (χ3v) is 5.71. The van der Waals surface area contributed by atoms with E-state index in [4.69, 9.17) is 18.2 Å². The molecule has 1 saturated heterocycles. The largest absolute Gasteiger partial charge is 0.400 e. The van der Waals surface area contributed by atoms with Crippen LogP contribution in [0.1, 0.15) is 71.1 Å².